The smallest absolute Gasteiger partial charge is 0.126 e. The first-order valence-corrected chi connectivity index (χ1v) is 5.83. The summed E-state index contributed by atoms with van der Waals surface area (Å²) < 4.78 is 13.7. The van der Waals surface area contributed by atoms with Gasteiger partial charge in [-0.3, -0.25) is 0 Å². The highest BCUT2D eigenvalue weighted by atomic mass is 19.1. The number of halogens is 1. The zero-order valence-electron chi connectivity index (χ0n) is 10.7. The lowest BCUT2D eigenvalue weighted by Gasteiger charge is -2.21. The molecule has 0 spiro atoms. The third-order valence-electron chi connectivity index (χ3n) is 2.83. The van der Waals surface area contributed by atoms with E-state index in [0.717, 1.165) is 12.0 Å². The standard InChI is InChI=1S/C14H22FN/c1-10(9-16)7-11-5-6-13(15)12(8-11)14(2,3)4/h5-6,8,10H,7,9,16H2,1-4H3. The zero-order valence-corrected chi connectivity index (χ0v) is 10.7. The van der Waals surface area contributed by atoms with Crippen LogP contribution in [0.4, 0.5) is 4.39 Å². The Kier molecular flexibility index (Phi) is 4.09. The van der Waals surface area contributed by atoms with E-state index >= 15 is 0 Å². The van der Waals surface area contributed by atoms with E-state index in [9.17, 15) is 4.39 Å². The van der Waals surface area contributed by atoms with Crippen molar-refractivity contribution in [2.24, 2.45) is 11.7 Å². The van der Waals surface area contributed by atoms with Gasteiger partial charge in [-0.25, -0.2) is 4.39 Å². The molecular formula is C14H22FN. The van der Waals surface area contributed by atoms with Crippen LogP contribution >= 0.6 is 0 Å². The van der Waals surface area contributed by atoms with Crippen molar-refractivity contribution in [1.29, 1.82) is 0 Å². The summed E-state index contributed by atoms with van der Waals surface area (Å²) in [7, 11) is 0. The minimum Gasteiger partial charge on any atom is -0.330 e. The van der Waals surface area contributed by atoms with Crippen molar-refractivity contribution in [3.05, 3.63) is 35.1 Å². The Balaban J connectivity index is 2.99. The highest BCUT2D eigenvalue weighted by molar-refractivity contribution is 5.30. The molecule has 0 saturated carbocycles. The molecule has 0 bridgehead atoms. The molecule has 1 unspecified atom stereocenters. The van der Waals surface area contributed by atoms with Gasteiger partial charge in [0.25, 0.3) is 0 Å². The fourth-order valence-corrected chi connectivity index (χ4v) is 1.76. The van der Waals surface area contributed by atoms with Crippen molar-refractivity contribution in [2.75, 3.05) is 6.54 Å². The van der Waals surface area contributed by atoms with Crippen LogP contribution in [0.25, 0.3) is 0 Å². The topological polar surface area (TPSA) is 26.0 Å². The lowest BCUT2D eigenvalue weighted by molar-refractivity contribution is 0.519. The molecule has 1 atom stereocenters. The predicted molar refractivity (Wildman–Crippen MR) is 67.0 cm³/mol. The first kappa shape index (κ1) is 13.2. The van der Waals surface area contributed by atoms with Crippen LogP contribution in [0.15, 0.2) is 18.2 Å². The summed E-state index contributed by atoms with van der Waals surface area (Å²) in [5.41, 5.74) is 7.41. The van der Waals surface area contributed by atoms with Crippen molar-refractivity contribution in [1.82, 2.24) is 0 Å². The van der Waals surface area contributed by atoms with E-state index in [2.05, 4.69) is 6.92 Å². The van der Waals surface area contributed by atoms with Crippen molar-refractivity contribution in [3.8, 4) is 0 Å². The molecule has 1 aromatic rings. The minimum absolute atomic E-state index is 0.114. The first-order valence-electron chi connectivity index (χ1n) is 5.83. The summed E-state index contributed by atoms with van der Waals surface area (Å²) in [5, 5.41) is 0. The van der Waals surface area contributed by atoms with Crippen LogP contribution in [-0.4, -0.2) is 6.54 Å². The van der Waals surface area contributed by atoms with Crippen molar-refractivity contribution >= 4 is 0 Å². The van der Waals surface area contributed by atoms with Crippen LogP contribution in [0.1, 0.15) is 38.8 Å². The van der Waals surface area contributed by atoms with E-state index in [4.69, 9.17) is 5.73 Å². The SMILES string of the molecule is CC(CN)Cc1ccc(F)c(C(C)(C)C)c1. The maximum absolute atomic E-state index is 13.7. The molecule has 90 valence electrons. The Morgan fingerprint density at radius 3 is 2.44 bits per heavy atom. The summed E-state index contributed by atoms with van der Waals surface area (Å²) >= 11 is 0. The molecule has 0 aromatic heterocycles. The summed E-state index contributed by atoms with van der Waals surface area (Å²) in [6.07, 6.45) is 0.917. The predicted octanol–water partition coefficient (Wildman–Crippen LogP) is 3.26. The van der Waals surface area contributed by atoms with Gasteiger partial charge < -0.3 is 5.73 Å². The van der Waals surface area contributed by atoms with Gasteiger partial charge in [0, 0.05) is 0 Å². The number of hydrogen-bond donors (Lipinski definition) is 1. The average molecular weight is 223 g/mol. The molecule has 2 N–H and O–H groups in total. The Labute approximate surface area is 97.9 Å². The molecule has 0 radical (unpaired) electrons. The largest absolute Gasteiger partial charge is 0.330 e. The maximum atomic E-state index is 13.7. The molecule has 0 amide bonds. The second-order valence-electron chi connectivity index (χ2n) is 5.61. The fraction of sp³-hybridized carbons (Fsp3) is 0.571. The van der Waals surface area contributed by atoms with Gasteiger partial charge in [0.2, 0.25) is 0 Å². The molecule has 0 aliphatic heterocycles. The van der Waals surface area contributed by atoms with Gasteiger partial charge in [-0.2, -0.15) is 0 Å². The molecule has 2 heteroatoms. The zero-order chi connectivity index (χ0) is 12.3. The monoisotopic (exact) mass is 223 g/mol. The molecule has 1 aromatic carbocycles. The Morgan fingerprint density at radius 2 is 1.94 bits per heavy atom. The Morgan fingerprint density at radius 1 is 1.31 bits per heavy atom. The van der Waals surface area contributed by atoms with E-state index in [0.29, 0.717) is 12.5 Å². The summed E-state index contributed by atoms with van der Waals surface area (Å²) in [5.74, 6) is 0.329. The Hall–Kier alpha value is -0.890. The van der Waals surface area contributed by atoms with Crippen LogP contribution in [0, 0.1) is 11.7 Å². The molecule has 0 fully saturated rings. The number of nitrogens with two attached hydrogens (primary N) is 1. The van der Waals surface area contributed by atoms with Gasteiger partial charge >= 0.3 is 0 Å². The number of benzene rings is 1. The van der Waals surface area contributed by atoms with E-state index in [1.807, 2.05) is 32.9 Å². The van der Waals surface area contributed by atoms with Crippen molar-refractivity contribution in [2.45, 2.75) is 39.5 Å². The third-order valence-corrected chi connectivity index (χ3v) is 2.83. The summed E-state index contributed by atoms with van der Waals surface area (Å²) in [4.78, 5) is 0. The highest BCUT2D eigenvalue weighted by Gasteiger charge is 2.18. The van der Waals surface area contributed by atoms with E-state index in [-0.39, 0.29) is 11.2 Å². The van der Waals surface area contributed by atoms with Crippen LogP contribution in [0.2, 0.25) is 0 Å². The normalized spacial score (nSPS) is 13.9. The summed E-state index contributed by atoms with van der Waals surface area (Å²) in [6, 6.07) is 5.40. The van der Waals surface area contributed by atoms with Crippen LogP contribution in [-0.2, 0) is 11.8 Å². The second-order valence-corrected chi connectivity index (χ2v) is 5.61. The second kappa shape index (κ2) is 4.96. The third kappa shape index (κ3) is 3.31. The Bertz CT molecular complexity index is 352. The average Bonchev–Trinajstić information content (AvgIpc) is 2.19. The molecule has 0 saturated heterocycles. The molecular weight excluding hydrogens is 201 g/mol. The lowest BCUT2D eigenvalue weighted by atomic mass is 9.85. The van der Waals surface area contributed by atoms with E-state index < -0.39 is 0 Å². The molecule has 0 aliphatic rings. The van der Waals surface area contributed by atoms with Gasteiger partial charge in [-0.1, -0.05) is 39.8 Å². The first-order chi connectivity index (χ1) is 7.34. The fourth-order valence-electron chi connectivity index (χ4n) is 1.76. The van der Waals surface area contributed by atoms with Gasteiger partial charge in [-0.15, -0.1) is 0 Å². The summed E-state index contributed by atoms with van der Waals surface area (Å²) in [6.45, 7) is 8.87. The molecule has 0 aliphatic carbocycles. The number of rotatable bonds is 3. The van der Waals surface area contributed by atoms with Crippen molar-refractivity contribution < 1.29 is 4.39 Å². The van der Waals surface area contributed by atoms with Gasteiger partial charge in [-0.05, 0) is 41.5 Å². The molecule has 1 rings (SSSR count). The van der Waals surface area contributed by atoms with E-state index in [1.54, 1.807) is 6.07 Å². The van der Waals surface area contributed by atoms with Crippen LogP contribution in [0.3, 0.4) is 0 Å². The van der Waals surface area contributed by atoms with Crippen molar-refractivity contribution in [3.63, 3.8) is 0 Å². The van der Waals surface area contributed by atoms with Crippen LogP contribution in [0.5, 0.6) is 0 Å². The van der Waals surface area contributed by atoms with Crippen LogP contribution < -0.4 is 5.73 Å². The van der Waals surface area contributed by atoms with Gasteiger partial charge in [0.15, 0.2) is 0 Å². The van der Waals surface area contributed by atoms with Gasteiger partial charge in [0.1, 0.15) is 5.82 Å². The maximum Gasteiger partial charge on any atom is 0.126 e. The van der Waals surface area contributed by atoms with E-state index in [1.165, 1.54) is 5.56 Å². The quantitative estimate of drug-likeness (QED) is 0.836. The number of hydrogen-bond acceptors (Lipinski definition) is 1. The van der Waals surface area contributed by atoms with Gasteiger partial charge in [0.05, 0.1) is 0 Å². The lowest BCUT2D eigenvalue weighted by Crippen LogP contribution is -2.16. The highest BCUT2D eigenvalue weighted by Crippen LogP contribution is 2.26. The molecule has 16 heavy (non-hydrogen) atoms. The molecule has 0 heterocycles. The minimum atomic E-state index is -0.147. The molecule has 1 nitrogen and oxygen atoms in total.